The van der Waals surface area contributed by atoms with E-state index in [1.807, 2.05) is 37.3 Å². The average Bonchev–Trinajstić information content (AvgIpc) is 2.53. The predicted molar refractivity (Wildman–Crippen MR) is 83.6 cm³/mol. The molecule has 0 bridgehead atoms. The van der Waals surface area contributed by atoms with Crippen molar-refractivity contribution in [3.8, 4) is 0 Å². The quantitative estimate of drug-likeness (QED) is 0.860. The van der Waals surface area contributed by atoms with E-state index in [2.05, 4.69) is 15.0 Å². The second kappa shape index (κ2) is 6.69. The largest absolute Gasteiger partial charge is 0.372 e. The lowest BCUT2D eigenvalue weighted by Crippen LogP contribution is -2.29. The van der Waals surface area contributed by atoms with Crippen LogP contribution in [0.4, 0.5) is 5.82 Å². The summed E-state index contributed by atoms with van der Waals surface area (Å²) in [5.41, 5.74) is 0.943. The lowest BCUT2D eigenvalue weighted by atomic mass is 10.1. The number of hydrogen-bond donors (Lipinski definition) is 2. The highest BCUT2D eigenvalue weighted by Crippen LogP contribution is 2.22. The number of anilines is 1. The van der Waals surface area contributed by atoms with E-state index in [1.165, 1.54) is 0 Å². The number of nitrogens with zero attached hydrogens (tertiary/aromatic N) is 1. The van der Waals surface area contributed by atoms with Crippen LogP contribution < -0.4 is 10.0 Å². The maximum Gasteiger partial charge on any atom is 0.244 e. The third-order valence-corrected chi connectivity index (χ3v) is 4.71. The van der Waals surface area contributed by atoms with Crippen molar-refractivity contribution in [3.63, 3.8) is 0 Å². The molecule has 21 heavy (non-hydrogen) atoms. The van der Waals surface area contributed by atoms with Gasteiger partial charge in [-0.3, -0.25) is 0 Å². The maximum absolute atomic E-state index is 12.6. The van der Waals surface area contributed by atoms with Crippen LogP contribution in [0.25, 0.3) is 0 Å². The lowest BCUT2D eigenvalue weighted by molar-refractivity contribution is 0.550. The number of pyridine rings is 1. The molecule has 0 saturated heterocycles. The van der Waals surface area contributed by atoms with Gasteiger partial charge in [0.15, 0.2) is 0 Å². The minimum atomic E-state index is -3.64. The van der Waals surface area contributed by atoms with Crippen molar-refractivity contribution in [1.29, 1.82) is 0 Å². The fourth-order valence-electron chi connectivity index (χ4n) is 2.12. The van der Waals surface area contributed by atoms with Gasteiger partial charge >= 0.3 is 0 Å². The lowest BCUT2D eigenvalue weighted by Gasteiger charge is -2.18. The van der Waals surface area contributed by atoms with Crippen molar-refractivity contribution in [2.45, 2.75) is 24.3 Å². The normalized spacial score (nSPS) is 12.9. The molecule has 1 atom stereocenters. The number of nitrogens with one attached hydrogen (secondary N) is 2. The van der Waals surface area contributed by atoms with Gasteiger partial charge in [-0.15, -0.1) is 0 Å². The first-order chi connectivity index (χ1) is 10.1. The van der Waals surface area contributed by atoms with Gasteiger partial charge in [0.2, 0.25) is 10.0 Å². The van der Waals surface area contributed by atoms with Crippen molar-refractivity contribution in [2.24, 2.45) is 0 Å². The summed E-state index contributed by atoms with van der Waals surface area (Å²) in [6.45, 7) is 1.95. The summed E-state index contributed by atoms with van der Waals surface area (Å²) in [5.74, 6) is 0.341. The van der Waals surface area contributed by atoms with Crippen LogP contribution in [-0.2, 0) is 10.0 Å². The Bertz CT molecular complexity index is 687. The smallest absolute Gasteiger partial charge is 0.244 e. The van der Waals surface area contributed by atoms with E-state index in [0.29, 0.717) is 12.2 Å². The minimum absolute atomic E-state index is 0.155. The van der Waals surface area contributed by atoms with E-state index in [1.54, 1.807) is 25.4 Å². The highest BCUT2D eigenvalue weighted by molar-refractivity contribution is 7.89. The molecule has 0 amide bonds. The summed E-state index contributed by atoms with van der Waals surface area (Å²) in [4.78, 5) is 4.19. The summed E-state index contributed by atoms with van der Waals surface area (Å²) in [7, 11) is -1.99. The fourth-order valence-corrected chi connectivity index (χ4v) is 3.59. The van der Waals surface area contributed by atoms with Crippen LogP contribution in [0.3, 0.4) is 0 Å². The van der Waals surface area contributed by atoms with Crippen LogP contribution in [0.1, 0.15) is 24.9 Å². The molecule has 2 aromatic rings. The van der Waals surface area contributed by atoms with Crippen LogP contribution in [0.5, 0.6) is 0 Å². The Kier molecular flexibility index (Phi) is 4.93. The van der Waals surface area contributed by atoms with E-state index in [0.717, 1.165) is 5.56 Å². The molecule has 1 aromatic heterocycles. The zero-order valence-electron chi connectivity index (χ0n) is 12.1. The molecular formula is C15H19N3O2S. The Labute approximate surface area is 125 Å². The molecule has 0 aliphatic carbocycles. The number of aromatic nitrogens is 1. The summed E-state index contributed by atoms with van der Waals surface area (Å²) in [6, 6.07) is 12.4. The minimum Gasteiger partial charge on any atom is -0.372 e. The molecule has 0 radical (unpaired) electrons. The third kappa shape index (κ3) is 3.59. The monoisotopic (exact) mass is 305 g/mol. The molecule has 6 heteroatoms. The van der Waals surface area contributed by atoms with Crippen molar-refractivity contribution in [2.75, 3.05) is 12.4 Å². The van der Waals surface area contributed by atoms with Gasteiger partial charge in [0.05, 0.1) is 0 Å². The molecule has 0 aliphatic rings. The first-order valence-electron chi connectivity index (χ1n) is 6.78. The van der Waals surface area contributed by atoms with E-state index in [-0.39, 0.29) is 10.9 Å². The zero-order valence-corrected chi connectivity index (χ0v) is 12.9. The molecule has 0 fully saturated rings. The fraction of sp³-hybridized carbons (Fsp3) is 0.267. The second-order valence-corrected chi connectivity index (χ2v) is 6.28. The maximum atomic E-state index is 12.6. The van der Waals surface area contributed by atoms with Gasteiger partial charge in [-0.2, -0.15) is 0 Å². The molecule has 112 valence electrons. The van der Waals surface area contributed by atoms with Crippen LogP contribution >= 0.6 is 0 Å². The Morgan fingerprint density at radius 3 is 2.48 bits per heavy atom. The molecule has 0 saturated carbocycles. The summed E-state index contributed by atoms with van der Waals surface area (Å²) in [6.07, 6.45) is 2.22. The molecular weight excluding hydrogens is 286 g/mol. The van der Waals surface area contributed by atoms with Gasteiger partial charge in [-0.1, -0.05) is 37.3 Å². The van der Waals surface area contributed by atoms with Gasteiger partial charge in [0.1, 0.15) is 10.7 Å². The first-order valence-corrected chi connectivity index (χ1v) is 8.27. The highest BCUT2D eigenvalue weighted by Gasteiger charge is 2.23. The first kappa shape index (κ1) is 15.5. The van der Waals surface area contributed by atoms with Crippen molar-refractivity contribution in [1.82, 2.24) is 9.71 Å². The molecule has 0 spiro atoms. The Hall–Kier alpha value is -1.92. The number of rotatable bonds is 6. The molecule has 2 N–H and O–H groups in total. The van der Waals surface area contributed by atoms with Crippen molar-refractivity contribution < 1.29 is 8.42 Å². The van der Waals surface area contributed by atoms with Gasteiger partial charge in [-0.05, 0) is 24.1 Å². The van der Waals surface area contributed by atoms with Crippen LogP contribution in [0.2, 0.25) is 0 Å². The third-order valence-electron chi connectivity index (χ3n) is 3.20. The molecule has 1 heterocycles. The number of sulfonamides is 1. The summed E-state index contributed by atoms with van der Waals surface area (Å²) < 4.78 is 27.9. The molecule has 1 aromatic carbocycles. The Morgan fingerprint density at radius 1 is 1.14 bits per heavy atom. The SMILES string of the molecule is CCC(NS(=O)(=O)c1cccnc1NC)c1ccccc1. The van der Waals surface area contributed by atoms with Gasteiger partial charge in [0.25, 0.3) is 0 Å². The van der Waals surface area contributed by atoms with Gasteiger partial charge in [0, 0.05) is 19.3 Å². The molecule has 1 unspecified atom stereocenters. The van der Waals surface area contributed by atoms with E-state index >= 15 is 0 Å². The molecule has 0 aliphatic heterocycles. The predicted octanol–water partition coefficient (Wildman–Crippen LogP) is 2.55. The van der Waals surface area contributed by atoms with Gasteiger partial charge in [-0.25, -0.2) is 18.1 Å². The molecule has 2 rings (SSSR count). The highest BCUT2D eigenvalue weighted by atomic mass is 32.2. The Balaban J connectivity index is 2.32. The molecule has 5 nitrogen and oxygen atoms in total. The van der Waals surface area contributed by atoms with Gasteiger partial charge < -0.3 is 5.32 Å². The van der Waals surface area contributed by atoms with E-state index in [9.17, 15) is 8.42 Å². The van der Waals surface area contributed by atoms with Crippen LogP contribution in [0.15, 0.2) is 53.6 Å². The zero-order chi connectivity index (χ0) is 15.3. The average molecular weight is 305 g/mol. The van der Waals surface area contributed by atoms with Crippen LogP contribution in [-0.4, -0.2) is 20.4 Å². The van der Waals surface area contributed by atoms with E-state index < -0.39 is 10.0 Å². The number of hydrogen-bond acceptors (Lipinski definition) is 4. The summed E-state index contributed by atoms with van der Waals surface area (Å²) >= 11 is 0. The van der Waals surface area contributed by atoms with E-state index in [4.69, 9.17) is 0 Å². The van der Waals surface area contributed by atoms with Crippen LogP contribution in [0, 0.1) is 0 Å². The summed E-state index contributed by atoms with van der Waals surface area (Å²) in [5, 5.41) is 2.80. The number of benzene rings is 1. The topological polar surface area (TPSA) is 71.1 Å². The second-order valence-electron chi connectivity index (χ2n) is 4.59. The standard InChI is InChI=1S/C15H19N3O2S/c1-3-13(12-8-5-4-6-9-12)18-21(19,20)14-10-7-11-17-15(14)16-2/h4-11,13,18H,3H2,1-2H3,(H,16,17). The van der Waals surface area contributed by atoms with Crippen molar-refractivity contribution >= 4 is 15.8 Å². The van der Waals surface area contributed by atoms with Crippen molar-refractivity contribution in [3.05, 3.63) is 54.2 Å². The Morgan fingerprint density at radius 2 is 1.86 bits per heavy atom.